The first kappa shape index (κ1) is 18.9. The predicted molar refractivity (Wildman–Crippen MR) is 94.9 cm³/mol. The van der Waals surface area contributed by atoms with Crippen molar-refractivity contribution in [3.63, 3.8) is 0 Å². The first-order chi connectivity index (χ1) is 9.89. The molecule has 5 heteroatoms. The molecule has 21 heavy (non-hydrogen) atoms. The number of aliphatic hydroxyl groups is 1. The van der Waals surface area contributed by atoms with Gasteiger partial charge in [0.15, 0.2) is 0 Å². The molecule has 0 fully saturated rings. The van der Waals surface area contributed by atoms with Gasteiger partial charge < -0.3 is 15.6 Å². The van der Waals surface area contributed by atoms with Crippen molar-refractivity contribution < 1.29 is 9.84 Å². The molecule has 0 radical (unpaired) electrons. The van der Waals surface area contributed by atoms with Crippen LogP contribution in [0.4, 0.5) is 0 Å². The minimum atomic E-state index is -0.533. The molecule has 0 amide bonds. The summed E-state index contributed by atoms with van der Waals surface area (Å²) in [6.07, 6.45) is 5.00. The predicted octanol–water partition coefficient (Wildman–Crippen LogP) is 4.42. The van der Waals surface area contributed by atoms with E-state index in [4.69, 9.17) is 10.5 Å². The first-order valence-electron chi connectivity index (χ1n) is 7.40. The molecular weight excluding hydrogens is 398 g/mol. The SMILES string of the molecule is CCCCCOc1c(Br)cc(CC[C@@](C)(N)CO)cc1Br. The molecule has 0 saturated heterocycles. The number of hydrogen-bond acceptors (Lipinski definition) is 3. The summed E-state index contributed by atoms with van der Waals surface area (Å²) in [5.41, 5.74) is 6.60. The van der Waals surface area contributed by atoms with Gasteiger partial charge in [0.05, 0.1) is 22.2 Å². The van der Waals surface area contributed by atoms with Crippen LogP contribution < -0.4 is 10.5 Å². The highest BCUT2D eigenvalue weighted by Crippen LogP contribution is 2.35. The fourth-order valence-corrected chi connectivity index (χ4v) is 3.44. The van der Waals surface area contributed by atoms with Crippen LogP contribution in [0.2, 0.25) is 0 Å². The number of hydrogen-bond donors (Lipinski definition) is 2. The monoisotopic (exact) mass is 421 g/mol. The maximum atomic E-state index is 9.20. The van der Waals surface area contributed by atoms with Gasteiger partial charge in [0.2, 0.25) is 0 Å². The van der Waals surface area contributed by atoms with Crippen LogP contribution in [-0.4, -0.2) is 23.9 Å². The molecule has 0 aliphatic carbocycles. The molecule has 1 rings (SSSR count). The highest BCUT2D eigenvalue weighted by atomic mass is 79.9. The maximum Gasteiger partial charge on any atom is 0.147 e. The lowest BCUT2D eigenvalue weighted by molar-refractivity contribution is 0.200. The zero-order valence-electron chi connectivity index (χ0n) is 12.8. The van der Waals surface area contributed by atoms with Crippen molar-refractivity contribution in [2.75, 3.05) is 13.2 Å². The fourth-order valence-electron chi connectivity index (χ4n) is 1.93. The highest BCUT2D eigenvalue weighted by molar-refractivity contribution is 9.11. The van der Waals surface area contributed by atoms with Gasteiger partial charge in [-0.2, -0.15) is 0 Å². The number of rotatable bonds is 9. The lowest BCUT2D eigenvalue weighted by Crippen LogP contribution is -2.40. The normalized spacial score (nSPS) is 14.0. The molecule has 1 aromatic rings. The van der Waals surface area contributed by atoms with Crippen LogP contribution in [0.5, 0.6) is 5.75 Å². The van der Waals surface area contributed by atoms with Gasteiger partial charge >= 0.3 is 0 Å². The second-order valence-corrected chi connectivity index (χ2v) is 7.46. The van der Waals surface area contributed by atoms with E-state index in [-0.39, 0.29) is 6.61 Å². The Bertz CT molecular complexity index is 427. The van der Waals surface area contributed by atoms with Crippen LogP contribution in [-0.2, 0) is 6.42 Å². The Morgan fingerprint density at radius 3 is 2.38 bits per heavy atom. The molecule has 0 aromatic heterocycles. The summed E-state index contributed by atoms with van der Waals surface area (Å²) in [6.45, 7) is 4.77. The molecule has 0 aliphatic heterocycles. The van der Waals surface area contributed by atoms with Gasteiger partial charge in [-0.05, 0) is 75.7 Å². The molecule has 0 unspecified atom stereocenters. The maximum absolute atomic E-state index is 9.20. The Balaban J connectivity index is 2.66. The minimum absolute atomic E-state index is 0.00599. The Morgan fingerprint density at radius 2 is 1.86 bits per heavy atom. The second kappa shape index (κ2) is 9.13. The van der Waals surface area contributed by atoms with Crippen molar-refractivity contribution >= 4 is 31.9 Å². The number of unbranched alkanes of at least 4 members (excludes halogenated alkanes) is 2. The Labute approximate surface area is 144 Å². The van der Waals surface area contributed by atoms with Crippen LogP contribution >= 0.6 is 31.9 Å². The van der Waals surface area contributed by atoms with Crippen molar-refractivity contribution in [3.8, 4) is 5.75 Å². The Morgan fingerprint density at radius 1 is 1.24 bits per heavy atom. The summed E-state index contributed by atoms with van der Waals surface area (Å²) in [5.74, 6) is 0.854. The third kappa shape index (κ3) is 6.68. The topological polar surface area (TPSA) is 55.5 Å². The summed E-state index contributed by atoms with van der Waals surface area (Å²) >= 11 is 7.14. The lowest BCUT2D eigenvalue weighted by Gasteiger charge is -2.21. The summed E-state index contributed by atoms with van der Waals surface area (Å²) in [4.78, 5) is 0. The highest BCUT2D eigenvalue weighted by Gasteiger charge is 2.17. The molecule has 0 heterocycles. The smallest absolute Gasteiger partial charge is 0.147 e. The van der Waals surface area contributed by atoms with Gasteiger partial charge in [-0.3, -0.25) is 0 Å². The van der Waals surface area contributed by atoms with E-state index in [0.717, 1.165) is 40.6 Å². The number of benzene rings is 1. The van der Waals surface area contributed by atoms with E-state index >= 15 is 0 Å². The average molecular weight is 423 g/mol. The second-order valence-electron chi connectivity index (χ2n) is 5.76. The van der Waals surface area contributed by atoms with Crippen molar-refractivity contribution in [2.24, 2.45) is 5.73 Å². The van der Waals surface area contributed by atoms with Gasteiger partial charge in [0.1, 0.15) is 5.75 Å². The fraction of sp³-hybridized carbons (Fsp3) is 0.625. The van der Waals surface area contributed by atoms with Crippen molar-refractivity contribution in [3.05, 3.63) is 26.6 Å². The third-order valence-electron chi connectivity index (χ3n) is 3.40. The molecule has 1 aromatic carbocycles. The molecule has 1 atom stereocenters. The quantitative estimate of drug-likeness (QED) is 0.579. The lowest BCUT2D eigenvalue weighted by atomic mass is 9.95. The molecule has 0 saturated carbocycles. The molecule has 3 nitrogen and oxygen atoms in total. The van der Waals surface area contributed by atoms with Crippen LogP contribution in [0.15, 0.2) is 21.1 Å². The summed E-state index contributed by atoms with van der Waals surface area (Å²) in [5, 5.41) is 9.20. The van der Waals surface area contributed by atoms with Crippen molar-refractivity contribution in [1.82, 2.24) is 0 Å². The first-order valence-corrected chi connectivity index (χ1v) is 8.98. The van der Waals surface area contributed by atoms with E-state index in [1.807, 2.05) is 6.92 Å². The largest absolute Gasteiger partial charge is 0.491 e. The number of aliphatic hydroxyl groups excluding tert-OH is 1. The number of ether oxygens (including phenoxy) is 1. The Kier molecular flexibility index (Phi) is 8.24. The number of aryl methyl sites for hydroxylation is 1. The molecule has 120 valence electrons. The van der Waals surface area contributed by atoms with Crippen LogP contribution in [0.25, 0.3) is 0 Å². The van der Waals surface area contributed by atoms with Crippen molar-refractivity contribution in [1.29, 1.82) is 0 Å². The van der Waals surface area contributed by atoms with Gasteiger partial charge in [-0.15, -0.1) is 0 Å². The van der Waals surface area contributed by atoms with E-state index in [2.05, 4.69) is 50.9 Å². The van der Waals surface area contributed by atoms with Crippen LogP contribution in [0.3, 0.4) is 0 Å². The molecule has 0 aliphatic rings. The van der Waals surface area contributed by atoms with Gasteiger partial charge in [0.25, 0.3) is 0 Å². The Hall–Kier alpha value is -0.100. The summed E-state index contributed by atoms with van der Waals surface area (Å²) in [6, 6.07) is 4.13. The number of halogens is 2. The minimum Gasteiger partial charge on any atom is -0.491 e. The molecule has 3 N–H and O–H groups in total. The molecule has 0 spiro atoms. The van der Waals surface area contributed by atoms with Crippen LogP contribution in [0.1, 0.15) is 45.1 Å². The van der Waals surface area contributed by atoms with E-state index in [0.29, 0.717) is 0 Å². The molecular formula is C16H25Br2NO2. The van der Waals surface area contributed by atoms with Gasteiger partial charge in [-0.1, -0.05) is 19.8 Å². The summed E-state index contributed by atoms with van der Waals surface area (Å²) < 4.78 is 7.73. The number of nitrogens with two attached hydrogens (primary N) is 1. The van der Waals surface area contributed by atoms with Crippen molar-refractivity contribution in [2.45, 2.75) is 51.5 Å². The van der Waals surface area contributed by atoms with E-state index < -0.39 is 5.54 Å². The standard InChI is InChI=1S/C16H25Br2NO2/c1-3-4-5-8-21-15-13(17)9-12(10-14(15)18)6-7-16(2,19)11-20/h9-10,20H,3-8,11,19H2,1-2H3/t16-/m1/s1. The third-order valence-corrected chi connectivity index (χ3v) is 4.58. The average Bonchev–Trinajstić information content (AvgIpc) is 2.44. The summed E-state index contributed by atoms with van der Waals surface area (Å²) in [7, 11) is 0. The van der Waals surface area contributed by atoms with Crippen LogP contribution in [0, 0.1) is 0 Å². The van der Waals surface area contributed by atoms with E-state index in [1.165, 1.54) is 18.4 Å². The zero-order chi connectivity index (χ0) is 15.9. The molecule has 0 bridgehead atoms. The van der Waals surface area contributed by atoms with E-state index in [1.54, 1.807) is 0 Å². The van der Waals surface area contributed by atoms with Gasteiger partial charge in [0, 0.05) is 5.54 Å². The van der Waals surface area contributed by atoms with E-state index in [9.17, 15) is 5.11 Å². The van der Waals surface area contributed by atoms with Gasteiger partial charge in [-0.25, -0.2) is 0 Å². The zero-order valence-corrected chi connectivity index (χ0v) is 16.0.